The Bertz CT molecular complexity index is 1050. The largest absolute Gasteiger partial charge is 0.393 e. The molecule has 1 N–H and O–H groups in total. The number of aliphatic hydroxyl groups is 1. The van der Waals surface area contributed by atoms with Crippen molar-refractivity contribution in [2.45, 2.75) is 90.7 Å². The molecule has 0 bridgehead atoms. The molecule has 1 aromatic carbocycles. The topological polar surface area (TPSA) is 55.1 Å². The van der Waals surface area contributed by atoms with Crippen molar-refractivity contribution in [2.75, 3.05) is 0 Å². The summed E-state index contributed by atoms with van der Waals surface area (Å²) in [6.45, 7) is 5.43. The summed E-state index contributed by atoms with van der Waals surface area (Å²) in [6, 6.07) is 8.21. The Morgan fingerprint density at radius 2 is 1.82 bits per heavy atom. The van der Waals surface area contributed by atoms with Gasteiger partial charge in [0.25, 0.3) is 0 Å². The highest BCUT2D eigenvalue weighted by Gasteiger charge is 2.59. The van der Waals surface area contributed by atoms with Crippen LogP contribution in [0.4, 0.5) is 0 Å². The molecule has 0 saturated heterocycles. The van der Waals surface area contributed by atoms with Gasteiger partial charge in [-0.25, -0.2) is 0 Å². The van der Waals surface area contributed by atoms with E-state index in [9.17, 15) is 9.90 Å². The number of carbonyl (C=O) groups is 1. The van der Waals surface area contributed by atoms with E-state index >= 15 is 0 Å². The molecule has 33 heavy (non-hydrogen) atoms. The molecule has 6 rings (SSSR count). The summed E-state index contributed by atoms with van der Waals surface area (Å²) < 4.78 is 1.93. The molecule has 0 spiro atoms. The fourth-order valence-electron chi connectivity index (χ4n) is 9.37. The fraction of sp³-hybridized carbons (Fsp3) is 0.724. The number of nitrogens with zero attached hydrogens (tertiary/aromatic N) is 2. The summed E-state index contributed by atoms with van der Waals surface area (Å²) in [5, 5.41) is 16.0. The second-order valence-electron chi connectivity index (χ2n) is 12.4. The highest BCUT2D eigenvalue weighted by atomic mass is 16.3. The average molecular weight is 449 g/mol. The Hall–Kier alpha value is -1.68. The maximum atomic E-state index is 13.8. The number of para-hydroxylation sites is 1. The molecule has 0 unspecified atom stereocenters. The number of fused-ring (bicyclic) bond motifs is 6. The van der Waals surface area contributed by atoms with Crippen molar-refractivity contribution in [1.82, 2.24) is 9.78 Å². The van der Waals surface area contributed by atoms with Crippen molar-refractivity contribution in [1.29, 1.82) is 0 Å². The Morgan fingerprint density at radius 3 is 2.70 bits per heavy atom. The van der Waals surface area contributed by atoms with Gasteiger partial charge in [-0.3, -0.25) is 9.48 Å². The summed E-state index contributed by atoms with van der Waals surface area (Å²) in [6.07, 6.45) is 13.6. The zero-order chi connectivity index (χ0) is 22.8. The summed E-state index contributed by atoms with van der Waals surface area (Å²) in [4.78, 5) is 13.8. The van der Waals surface area contributed by atoms with Crippen molar-refractivity contribution < 1.29 is 9.90 Å². The first-order valence-corrected chi connectivity index (χ1v) is 13.5. The SMILES string of the molecule is C[C@]12CC[C@@H](O)C[C@@H]1CC[C@@H]1[C@@H]2CC[C@]2(C)[C@@H](C(=O)Cn3ncc4ccccc43)CCC[C@@H]12. The van der Waals surface area contributed by atoms with Crippen LogP contribution in [0.1, 0.15) is 78.1 Å². The molecule has 4 aliphatic carbocycles. The minimum Gasteiger partial charge on any atom is -0.393 e. The number of carbonyl (C=O) groups excluding carboxylic acids is 1. The van der Waals surface area contributed by atoms with E-state index in [-0.39, 0.29) is 17.4 Å². The summed E-state index contributed by atoms with van der Waals surface area (Å²) in [7, 11) is 0. The molecular formula is C29H40N2O2. The van der Waals surface area contributed by atoms with Gasteiger partial charge < -0.3 is 5.11 Å². The van der Waals surface area contributed by atoms with E-state index in [0.717, 1.165) is 42.0 Å². The molecule has 0 radical (unpaired) electrons. The lowest BCUT2D eigenvalue weighted by molar-refractivity contribution is -0.160. The molecule has 4 saturated carbocycles. The lowest BCUT2D eigenvalue weighted by Gasteiger charge is -2.63. The molecule has 178 valence electrons. The van der Waals surface area contributed by atoms with Gasteiger partial charge >= 0.3 is 0 Å². The van der Waals surface area contributed by atoms with Crippen LogP contribution in [0.25, 0.3) is 10.9 Å². The Morgan fingerprint density at radius 1 is 1.03 bits per heavy atom. The molecule has 4 heteroatoms. The van der Waals surface area contributed by atoms with Gasteiger partial charge in [0.1, 0.15) is 6.54 Å². The predicted octanol–water partition coefficient (Wildman–Crippen LogP) is 6.02. The summed E-state index contributed by atoms with van der Waals surface area (Å²) in [5.41, 5.74) is 1.60. The molecule has 1 heterocycles. The van der Waals surface area contributed by atoms with E-state index in [0.29, 0.717) is 29.6 Å². The first-order chi connectivity index (χ1) is 15.9. The van der Waals surface area contributed by atoms with Gasteiger partial charge in [0.2, 0.25) is 0 Å². The van der Waals surface area contributed by atoms with E-state index in [1.165, 1.54) is 44.9 Å². The molecule has 8 atom stereocenters. The number of hydrogen-bond donors (Lipinski definition) is 1. The lowest BCUT2D eigenvalue weighted by Crippen LogP contribution is -2.57. The van der Waals surface area contributed by atoms with Crippen LogP contribution in [-0.4, -0.2) is 26.8 Å². The number of ketones is 1. The first kappa shape index (κ1) is 21.8. The van der Waals surface area contributed by atoms with E-state index in [2.05, 4.69) is 31.1 Å². The molecule has 4 fully saturated rings. The van der Waals surface area contributed by atoms with Crippen LogP contribution in [0.5, 0.6) is 0 Å². The van der Waals surface area contributed by atoms with Gasteiger partial charge in [0.15, 0.2) is 5.78 Å². The maximum absolute atomic E-state index is 13.8. The van der Waals surface area contributed by atoms with Gasteiger partial charge in [0.05, 0.1) is 17.8 Å². The number of aliphatic hydroxyl groups excluding tert-OH is 1. The second-order valence-corrected chi connectivity index (χ2v) is 12.4. The van der Waals surface area contributed by atoms with Crippen molar-refractivity contribution in [3.05, 3.63) is 30.5 Å². The number of aromatic nitrogens is 2. The van der Waals surface area contributed by atoms with E-state index < -0.39 is 0 Å². The summed E-state index contributed by atoms with van der Waals surface area (Å²) in [5.74, 6) is 3.49. The van der Waals surface area contributed by atoms with Gasteiger partial charge in [-0.15, -0.1) is 0 Å². The molecule has 0 aliphatic heterocycles. The minimum atomic E-state index is -0.0801. The molecular weight excluding hydrogens is 408 g/mol. The number of Topliss-reactive ketones (excluding diaryl/α,β-unsaturated/α-hetero) is 1. The third-order valence-corrected chi connectivity index (χ3v) is 11.1. The Labute approximate surface area is 198 Å². The first-order valence-electron chi connectivity index (χ1n) is 13.5. The van der Waals surface area contributed by atoms with Gasteiger partial charge in [-0.1, -0.05) is 38.5 Å². The minimum absolute atomic E-state index is 0.0801. The van der Waals surface area contributed by atoms with E-state index in [4.69, 9.17) is 0 Å². The standard InChI is InChI=1S/C29H40N2O2/c1-28-14-12-21(32)16-20(28)10-11-22-23-7-5-8-25(29(23,2)15-13-24(22)28)27(33)18-31-26-9-4-3-6-19(26)17-30-31/h3-4,6,9,17,20-25,32H,5,7-8,10-16,18H2,1-2H3/t20-,21+,22-,23-,24-,25+,28-,29-/m0/s1. The molecule has 0 amide bonds. The van der Waals surface area contributed by atoms with Crippen molar-refractivity contribution >= 4 is 16.7 Å². The van der Waals surface area contributed by atoms with Gasteiger partial charge in [-0.05, 0) is 98.4 Å². The van der Waals surface area contributed by atoms with E-state index in [1.807, 2.05) is 23.0 Å². The molecule has 1 aromatic heterocycles. The third-order valence-electron chi connectivity index (χ3n) is 11.1. The monoisotopic (exact) mass is 448 g/mol. The van der Waals surface area contributed by atoms with Crippen LogP contribution in [0.15, 0.2) is 30.5 Å². The zero-order valence-corrected chi connectivity index (χ0v) is 20.4. The summed E-state index contributed by atoms with van der Waals surface area (Å²) >= 11 is 0. The van der Waals surface area contributed by atoms with Crippen LogP contribution in [0.2, 0.25) is 0 Å². The third kappa shape index (κ3) is 3.34. The van der Waals surface area contributed by atoms with Gasteiger partial charge in [0, 0.05) is 11.3 Å². The molecule has 2 aromatic rings. The van der Waals surface area contributed by atoms with Gasteiger partial charge in [-0.2, -0.15) is 5.10 Å². The second kappa shape index (κ2) is 7.93. The van der Waals surface area contributed by atoms with Crippen LogP contribution in [0, 0.1) is 40.4 Å². The predicted molar refractivity (Wildman–Crippen MR) is 131 cm³/mol. The van der Waals surface area contributed by atoms with Crippen LogP contribution < -0.4 is 0 Å². The van der Waals surface area contributed by atoms with Crippen molar-refractivity contribution in [3.8, 4) is 0 Å². The van der Waals surface area contributed by atoms with Crippen LogP contribution >= 0.6 is 0 Å². The van der Waals surface area contributed by atoms with Crippen LogP contribution in [-0.2, 0) is 11.3 Å². The van der Waals surface area contributed by atoms with Crippen molar-refractivity contribution in [3.63, 3.8) is 0 Å². The highest BCUT2D eigenvalue weighted by molar-refractivity contribution is 5.85. The zero-order valence-electron chi connectivity index (χ0n) is 20.4. The quantitative estimate of drug-likeness (QED) is 0.625. The Balaban J connectivity index is 1.25. The van der Waals surface area contributed by atoms with E-state index in [1.54, 1.807) is 0 Å². The van der Waals surface area contributed by atoms with Crippen LogP contribution in [0.3, 0.4) is 0 Å². The average Bonchev–Trinajstić information content (AvgIpc) is 3.21. The lowest BCUT2D eigenvalue weighted by atomic mass is 9.41. The smallest absolute Gasteiger partial charge is 0.157 e. The molecule has 4 nitrogen and oxygen atoms in total. The maximum Gasteiger partial charge on any atom is 0.157 e. The Kier molecular flexibility index (Phi) is 5.25. The number of rotatable bonds is 3. The number of hydrogen-bond acceptors (Lipinski definition) is 3. The van der Waals surface area contributed by atoms with Crippen molar-refractivity contribution in [2.24, 2.45) is 40.4 Å². The fourth-order valence-corrected chi connectivity index (χ4v) is 9.37. The highest BCUT2D eigenvalue weighted by Crippen LogP contribution is 2.66. The number of benzene rings is 1. The molecule has 4 aliphatic rings. The normalized spacial score (nSPS) is 42.9.